The Morgan fingerprint density at radius 2 is 2.20 bits per heavy atom. The Hall–Kier alpha value is 0.270. The van der Waals surface area contributed by atoms with Crippen molar-refractivity contribution in [2.24, 2.45) is 11.1 Å². The normalized spacial score (nSPS) is 32.6. The van der Waals surface area contributed by atoms with Gasteiger partial charge >= 0.3 is 0 Å². The van der Waals surface area contributed by atoms with Gasteiger partial charge in [-0.2, -0.15) is 11.8 Å². The molecule has 0 saturated heterocycles. The highest BCUT2D eigenvalue weighted by atomic mass is 32.2. The Morgan fingerprint density at radius 3 is 2.80 bits per heavy atom. The number of thioether (sulfide) groups is 1. The molecule has 0 aliphatic heterocycles. The molecule has 1 aliphatic rings. The maximum absolute atomic E-state index is 8.89. The zero-order valence-corrected chi connectivity index (χ0v) is 11.0. The zero-order chi connectivity index (χ0) is 11.5. The third-order valence-electron chi connectivity index (χ3n) is 3.56. The van der Waals surface area contributed by atoms with Crippen LogP contribution in [0.5, 0.6) is 0 Å². The molecule has 1 fully saturated rings. The number of aliphatic hydroxyl groups is 1. The van der Waals surface area contributed by atoms with E-state index in [0.717, 1.165) is 6.42 Å². The molecule has 0 bridgehead atoms. The molecule has 1 rings (SSSR count). The summed E-state index contributed by atoms with van der Waals surface area (Å²) in [6.07, 6.45) is 4.67. The first-order valence-electron chi connectivity index (χ1n) is 5.99. The van der Waals surface area contributed by atoms with Gasteiger partial charge in [0.2, 0.25) is 0 Å². The smallest absolute Gasteiger partial charge is 0.0441 e. The van der Waals surface area contributed by atoms with Crippen molar-refractivity contribution in [1.29, 1.82) is 0 Å². The van der Waals surface area contributed by atoms with Crippen molar-refractivity contribution >= 4 is 11.8 Å². The molecule has 1 saturated carbocycles. The lowest BCUT2D eigenvalue weighted by atomic mass is 9.73. The second-order valence-corrected chi connectivity index (χ2v) is 7.09. The number of hydrogen-bond donors (Lipinski definition) is 2. The van der Waals surface area contributed by atoms with E-state index < -0.39 is 0 Å². The molecule has 3 atom stereocenters. The van der Waals surface area contributed by atoms with Crippen LogP contribution in [0.3, 0.4) is 0 Å². The molecule has 0 aromatic carbocycles. The van der Waals surface area contributed by atoms with Crippen LogP contribution in [0.15, 0.2) is 0 Å². The monoisotopic (exact) mass is 231 g/mol. The summed E-state index contributed by atoms with van der Waals surface area (Å²) in [5.41, 5.74) is 6.60. The van der Waals surface area contributed by atoms with Gasteiger partial charge in [-0.3, -0.25) is 0 Å². The molecule has 1 aliphatic carbocycles. The van der Waals surface area contributed by atoms with E-state index in [-0.39, 0.29) is 5.41 Å². The third kappa shape index (κ3) is 3.65. The van der Waals surface area contributed by atoms with Crippen LogP contribution in [0.4, 0.5) is 0 Å². The van der Waals surface area contributed by atoms with Crippen LogP contribution >= 0.6 is 11.8 Å². The van der Waals surface area contributed by atoms with Gasteiger partial charge in [0.05, 0.1) is 0 Å². The fraction of sp³-hybridized carbons (Fsp3) is 1.00. The molecule has 3 N–H and O–H groups in total. The number of hydrogen-bond acceptors (Lipinski definition) is 3. The van der Waals surface area contributed by atoms with E-state index in [0.29, 0.717) is 23.1 Å². The van der Waals surface area contributed by atoms with E-state index in [9.17, 15) is 0 Å². The lowest BCUT2D eigenvalue weighted by Crippen LogP contribution is -2.48. The Bertz CT molecular complexity index is 196. The van der Waals surface area contributed by atoms with Crippen molar-refractivity contribution in [3.8, 4) is 0 Å². The Labute approximate surface area is 98.0 Å². The maximum atomic E-state index is 8.89. The maximum Gasteiger partial charge on any atom is 0.0441 e. The summed E-state index contributed by atoms with van der Waals surface area (Å²) < 4.78 is 0. The van der Waals surface area contributed by atoms with E-state index >= 15 is 0 Å². The molecule has 2 nitrogen and oxygen atoms in total. The molecule has 0 aromatic heterocycles. The number of nitrogens with two attached hydrogens (primary N) is 1. The Kier molecular flexibility index (Phi) is 4.94. The number of aliphatic hydroxyl groups excluding tert-OH is 1. The first-order valence-corrected chi connectivity index (χ1v) is 6.93. The highest BCUT2D eigenvalue weighted by molar-refractivity contribution is 8.00. The average molecular weight is 231 g/mol. The summed E-state index contributed by atoms with van der Waals surface area (Å²) in [6.45, 7) is 7.04. The van der Waals surface area contributed by atoms with Gasteiger partial charge in [-0.1, -0.05) is 27.2 Å². The quantitative estimate of drug-likeness (QED) is 0.781. The van der Waals surface area contributed by atoms with Crippen molar-refractivity contribution < 1.29 is 5.11 Å². The molecule has 0 amide bonds. The van der Waals surface area contributed by atoms with Crippen LogP contribution in [-0.2, 0) is 0 Å². The van der Waals surface area contributed by atoms with Crippen molar-refractivity contribution in [2.45, 2.75) is 63.0 Å². The predicted molar refractivity (Wildman–Crippen MR) is 68.2 cm³/mol. The molecule has 0 radical (unpaired) electrons. The van der Waals surface area contributed by atoms with E-state index in [4.69, 9.17) is 10.8 Å². The van der Waals surface area contributed by atoms with E-state index in [2.05, 4.69) is 20.8 Å². The molecule has 15 heavy (non-hydrogen) atoms. The van der Waals surface area contributed by atoms with Gasteiger partial charge in [0.25, 0.3) is 0 Å². The van der Waals surface area contributed by atoms with Crippen molar-refractivity contribution in [1.82, 2.24) is 0 Å². The topological polar surface area (TPSA) is 46.2 Å². The zero-order valence-electron chi connectivity index (χ0n) is 10.2. The fourth-order valence-electron chi connectivity index (χ4n) is 2.31. The van der Waals surface area contributed by atoms with Crippen LogP contribution in [0.25, 0.3) is 0 Å². The second kappa shape index (κ2) is 5.55. The highest BCUT2D eigenvalue weighted by Gasteiger charge is 2.37. The summed E-state index contributed by atoms with van der Waals surface area (Å²) in [4.78, 5) is 0. The molecule has 3 heteroatoms. The average Bonchev–Trinajstić information content (AvgIpc) is 2.13. The summed E-state index contributed by atoms with van der Waals surface area (Å²) in [6, 6.07) is 0.303. The molecule has 0 aromatic rings. The lowest BCUT2D eigenvalue weighted by Gasteiger charge is -2.42. The van der Waals surface area contributed by atoms with Crippen molar-refractivity contribution in [2.75, 3.05) is 6.61 Å². The standard InChI is InChI=1S/C12H25NOS/c1-9(6-8-14)15-10-5-4-7-12(2,3)11(10)13/h9-11,14H,4-8,13H2,1-3H3. The Morgan fingerprint density at radius 1 is 1.53 bits per heavy atom. The molecular weight excluding hydrogens is 206 g/mol. The van der Waals surface area contributed by atoms with Gasteiger partial charge in [0, 0.05) is 23.1 Å². The third-order valence-corrected chi connectivity index (χ3v) is 5.13. The van der Waals surface area contributed by atoms with Crippen LogP contribution in [0, 0.1) is 5.41 Å². The van der Waals surface area contributed by atoms with E-state index in [1.54, 1.807) is 0 Å². The van der Waals surface area contributed by atoms with Crippen LogP contribution < -0.4 is 5.73 Å². The molecule has 0 heterocycles. The molecular formula is C12H25NOS. The van der Waals surface area contributed by atoms with Gasteiger partial charge in [-0.25, -0.2) is 0 Å². The Balaban J connectivity index is 2.47. The summed E-state index contributed by atoms with van der Waals surface area (Å²) in [5.74, 6) is 0. The minimum Gasteiger partial charge on any atom is -0.396 e. The SMILES string of the molecule is CC(CCO)SC1CCCC(C)(C)C1N. The second-order valence-electron chi connectivity index (χ2n) is 5.40. The minimum atomic E-state index is 0.287. The van der Waals surface area contributed by atoms with Gasteiger partial charge in [0.15, 0.2) is 0 Å². The fourth-order valence-corrected chi connectivity index (χ4v) is 3.99. The van der Waals surface area contributed by atoms with Crippen LogP contribution in [0.2, 0.25) is 0 Å². The van der Waals surface area contributed by atoms with Gasteiger partial charge in [0.1, 0.15) is 0 Å². The van der Waals surface area contributed by atoms with Crippen molar-refractivity contribution in [3.63, 3.8) is 0 Å². The summed E-state index contributed by atoms with van der Waals surface area (Å²) >= 11 is 1.97. The summed E-state index contributed by atoms with van der Waals surface area (Å²) in [5, 5.41) is 10.00. The minimum absolute atomic E-state index is 0.287. The first kappa shape index (κ1) is 13.3. The largest absolute Gasteiger partial charge is 0.396 e. The predicted octanol–water partition coefficient (Wildman–Crippen LogP) is 2.40. The summed E-state index contributed by atoms with van der Waals surface area (Å²) in [7, 11) is 0. The molecule has 90 valence electrons. The van der Waals surface area contributed by atoms with E-state index in [1.807, 2.05) is 11.8 Å². The highest BCUT2D eigenvalue weighted by Crippen LogP contribution is 2.40. The van der Waals surface area contributed by atoms with E-state index in [1.165, 1.54) is 19.3 Å². The lowest BCUT2D eigenvalue weighted by molar-refractivity contribution is 0.208. The van der Waals surface area contributed by atoms with Crippen LogP contribution in [-0.4, -0.2) is 28.3 Å². The molecule has 0 spiro atoms. The van der Waals surface area contributed by atoms with Crippen LogP contribution in [0.1, 0.15) is 46.5 Å². The molecule has 3 unspecified atom stereocenters. The van der Waals surface area contributed by atoms with Gasteiger partial charge in [-0.15, -0.1) is 0 Å². The van der Waals surface area contributed by atoms with Gasteiger partial charge in [-0.05, 0) is 24.7 Å². The van der Waals surface area contributed by atoms with Gasteiger partial charge < -0.3 is 10.8 Å². The number of rotatable bonds is 4. The first-order chi connectivity index (χ1) is 6.97. The van der Waals surface area contributed by atoms with Crippen molar-refractivity contribution in [3.05, 3.63) is 0 Å².